The number of rotatable bonds is 4. The molecule has 0 radical (unpaired) electrons. The molecule has 0 unspecified atom stereocenters. The lowest BCUT2D eigenvalue weighted by Crippen LogP contribution is -1.88. The van der Waals surface area contributed by atoms with Gasteiger partial charge < -0.3 is 4.74 Å². The molecule has 0 aliphatic rings. The summed E-state index contributed by atoms with van der Waals surface area (Å²) in [6, 6.07) is 13.7. The van der Waals surface area contributed by atoms with Gasteiger partial charge in [0.1, 0.15) is 22.0 Å². The molecule has 0 bridgehead atoms. The number of nitriles is 1. The highest BCUT2D eigenvalue weighted by atomic mass is 35.5. The topological polar surface area (TPSA) is 58.8 Å². The molecule has 3 heterocycles. The second-order valence-corrected chi connectivity index (χ2v) is 7.78. The van der Waals surface area contributed by atoms with Crippen molar-refractivity contribution in [1.82, 2.24) is 9.97 Å². The summed E-state index contributed by atoms with van der Waals surface area (Å²) in [4.78, 5) is 10.1. The van der Waals surface area contributed by atoms with E-state index < -0.39 is 0 Å². The van der Waals surface area contributed by atoms with Crippen molar-refractivity contribution in [2.24, 2.45) is 0 Å². The van der Waals surface area contributed by atoms with Crippen LogP contribution in [0.1, 0.15) is 10.6 Å². The molecule has 0 atom stereocenters. The Morgan fingerprint density at radius 2 is 2.11 bits per heavy atom. The Balaban J connectivity index is 1.76. The third-order valence-corrected chi connectivity index (χ3v) is 6.00. The molecule has 0 N–H and O–H groups in total. The number of thiazole rings is 1. The van der Waals surface area contributed by atoms with Crippen LogP contribution in [0.3, 0.4) is 0 Å². The standard InChI is InChI=1S/C20H12ClN3OS2/c1-25-15-4-5-16-12(9-15)7-13(19(21)23-16)8-14(10-22)20-24-17(11-27-20)18-3-2-6-26-18/h2-9,11H,1H3/b14-8+. The van der Waals surface area contributed by atoms with Crippen molar-refractivity contribution in [3.05, 3.63) is 62.9 Å². The molecule has 0 aliphatic heterocycles. The van der Waals surface area contributed by atoms with Gasteiger partial charge in [0.2, 0.25) is 0 Å². The number of nitrogens with zero attached hydrogens (tertiary/aromatic N) is 3. The Hall–Kier alpha value is -2.72. The van der Waals surface area contributed by atoms with E-state index in [1.165, 1.54) is 11.3 Å². The van der Waals surface area contributed by atoms with Gasteiger partial charge in [-0.05, 0) is 41.8 Å². The summed E-state index contributed by atoms with van der Waals surface area (Å²) < 4.78 is 5.27. The number of ether oxygens (including phenoxy) is 1. The zero-order valence-electron chi connectivity index (χ0n) is 14.1. The number of allylic oxidation sites excluding steroid dienone is 1. The SMILES string of the molecule is COc1ccc2nc(Cl)c(/C=C(\C#N)c3nc(-c4cccs4)cs3)cc2c1. The molecule has 4 nitrogen and oxygen atoms in total. The first-order valence-electron chi connectivity index (χ1n) is 7.94. The zero-order chi connectivity index (χ0) is 18.8. The van der Waals surface area contributed by atoms with Crippen molar-refractivity contribution in [3.8, 4) is 22.4 Å². The van der Waals surface area contributed by atoms with Gasteiger partial charge in [-0.3, -0.25) is 0 Å². The lowest BCUT2D eigenvalue weighted by Gasteiger charge is -2.05. The van der Waals surface area contributed by atoms with Crippen molar-refractivity contribution >= 4 is 56.8 Å². The summed E-state index contributed by atoms with van der Waals surface area (Å²) in [5.74, 6) is 0.738. The maximum atomic E-state index is 9.63. The largest absolute Gasteiger partial charge is 0.497 e. The maximum absolute atomic E-state index is 9.63. The highest BCUT2D eigenvalue weighted by Gasteiger charge is 2.12. The highest BCUT2D eigenvalue weighted by Crippen LogP contribution is 2.31. The van der Waals surface area contributed by atoms with E-state index in [1.807, 2.05) is 47.2 Å². The average molecular weight is 410 g/mol. The number of hydrogen-bond acceptors (Lipinski definition) is 6. The minimum atomic E-state index is 0.343. The Bertz CT molecular complexity index is 1190. The molecule has 4 aromatic rings. The number of thiophene rings is 1. The van der Waals surface area contributed by atoms with Crippen molar-refractivity contribution in [2.45, 2.75) is 0 Å². The van der Waals surface area contributed by atoms with Gasteiger partial charge in [0, 0.05) is 16.3 Å². The molecule has 27 heavy (non-hydrogen) atoms. The summed E-state index contributed by atoms with van der Waals surface area (Å²) in [6.07, 6.45) is 1.73. The molecule has 0 aliphatic carbocycles. The number of methoxy groups -OCH3 is 1. The molecule has 0 amide bonds. The predicted octanol–water partition coefficient (Wildman–Crippen LogP) is 6.15. The summed E-state index contributed by atoms with van der Waals surface area (Å²) in [6.45, 7) is 0. The molecule has 0 saturated carbocycles. The Morgan fingerprint density at radius 1 is 1.22 bits per heavy atom. The van der Waals surface area contributed by atoms with E-state index in [4.69, 9.17) is 16.3 Å². The third-order valence-electron chi connectivity index (χ3n) is 3.93. The first-order chi connectivity index (χ1) is 13.2. The molecule has 7 heteroatoms. The van der Waals surface area contributed by atoms with Crippen LogP contribution in [0.2, 0.25) is 5.15 Å². The lowest BCUT2D eigenvalue weighted by molar-refractivity contribution is 0.415. The van der Waals surface area contributed by atoms with Gasteiger partial charge in [-0.1, -0.05) is 17.7 Å². The lowest BCUT2D eigenvalue weighted by atomic mass is 10.1. The Labute approximate surface area is 169 Å². The van der Waals surface area contributed by atoms with Crippen LogP contribution in [0.4, 0.5) is 0 Å². The molecular formula is C20H12ClN3OS2. The van der Waals surface area contributed by atoms with Gasteiger partial charge in [-0.25, -0.2) is 9.97 Å². The smallest absolute Gasteiger partial charge is 0.137 e. The molecule has 1 aromatic carbocycles. The van der Waals surface area contributed by atoms with E-state index in [2.05, 4.69) is 16.0 Å². The fourth-order valence-electron chi connectivity index (χ4n) is 2.61. The summed E-state index contributed by atoms with van der Waals surface area (Å²) in [5, 5.41) is 15.5. The monoisotopic (exact) mass is 409 g/mol. The van der Waals surface area contributed by atoms with Crippen LogP contribution in [-0.4, -0.2) is 17.1 Å². The van der Waals surface area contributed by atoms with E-state index >= 15 is 0 Å². The van der Waals surface area contributed by atoms with Crippen LogP contribution in [0, 0.1) is 11.3 Å². The van der Waals surface area contributed by atoms with E-state index in [1.54, 1.807) is 24.5 Å². The van der Waals surface area contributed by atoms with Crippen LogP contribution in [0.25, 0.3) is 33.1 Å². The number of pyridine rings is 1. The highest BCUT2D eigenvalue weighted by molar-refractivity contribution is 7.14. The van der Waals surface area contributed by atoms with Gasteiger partial charge >= 0.3 is 0 Å². The van der Waals surface area contributed by atoms with Gasteiger partial charge in [0.25, 0.3) is 0 Å². The average Bonchev–Trinajstić information content (AvgIpc) is 3.37. The van der Waals surface area contributed by atoms with E-state index in [0.717, 1.165) is 27.2 Å². The van der Waals surface area contributed by atoms with E-state index in [0.29, 0.717) is 21.3 Å². The second-order valence-electron chi connectivity index (χ2n) is 5.61. The molecule has 4 rings (SSSR count). The zero-order valence-corrected chi connectivity index (χ0v) is 16.5. The summed E-state index contributed by atoms with van der Waals surface area (Å²) in [5.41, 5.74) is 2.76. The van der Waals surface area contributed by atoms with Crippen LogP contribution >= 0.6 is 34.3 Å². The molecule has 0 fully saturated rings. The fraction of sp³-hybridized carbons (Fsp3) is 0.0500. The molecule has 3 aromatic heterocycles. The van der Waals surface area contributed by atoms with Crippen LogP contribution < -0.4 is 4.74 Å². The Morgan fingerprint density at radius 3 is 2.85 bits per heavy atom. The fourth-order valence-corrected chi connectivity index (χ4v) is 4.35. The van der Waals surface area contributed by atoms with Crippen molar-refractivity contribution in [3.63, 3.8) is 0 Å². The molecule has 0 saturated heterocycles. The van der Waals surface area contributed by atoms with Crippen molar-refractivity contribution in [1.29, 1.82) is 5.26 Å². The Kier molecular flexibility index (Phi) is 4.90. The predicted molar refractivity (Wildman–Crippen MR) is 112 cm³/mol. The van der Waals surface area contributed by atoms with Crippen LogP contribution in [0.15, 0.2) is 47.2 Å². The molecule has 132 valence electrons. The molecule has 0 spiro atoms. The van der Waals surface area contributed by atoms with Crippen LogP contribution in [-0.2, 0) is 0 Å². The minimum Gasteiger partial charge on any atom is -0.497 e. The van der Waals surface area contributed by atoms with E-state index in [-0.39, 0.29) is 0 Å². The van der Waals surface area contributed by atoms with Gasteiger partial charge in [-0.15, -0.1) is 22.7 Å². The number of halogens is 1. The van der Waals surface area contributed by atoms with Gasteiger partial charge in [0.15, 0.2) is 0 Å². The van der Waals surface area contributed by atoms with Crippen molar-refractivity contribution < 1.29 is 4.74 Å². The minimum absolute atomic E-state index is 0.343. The van der Waals surface area contributed by atoms with Gasteiger partial charge in [-0.2, -0.15) is 5.26 Å². The quantitative estimate of drug-likeness (QED) is 0.300. The number of aromatic nitrogens is 2. The van der Waals surface area contributed by atoms with Crippen molar-refractivity contribution in [2.75, 3.05) is 7.11 Å². The maximum Gasteiger partial charge on any atom is 0.137 e. The molecular weight excluding hydrogens is 398 g/mol. The normalized spacial score (nSPS) is 11.5. The number of benzene rings is 1. The second kappa shape index (κ2) is 7.49. The third kappa shape index (κ3) is 3.58. The summed E-state index contributed by atoms with van der Waals surface area (Å²) >= 11 is 9.40. The first kappa shape index (κ1) is 17.7. The first-order valence-corrected chi connectivity index (χ1v) is 10.1. The van der Waals surface area contributed by atoms with Crippen LogP contribution in [0.5, 0.6) is 5.75 Å². The van der Waals surface area contributed by atoms with E-state index in [9.17, 15) is 5.26 Å². The summed E-state index contributed by atoms with van der Waals surface area (Å²) in [7, 11) is 1.62. The number of hydrogen-bond donors (Lipinski definition) is 0. The van der Waals surface area contributed by atoms with Gasteiger partial charge in [0.05, 0.1) is 28.8 Å². The number of fused-ring (bicyclic) bond motifs is 1.